The second-order valence-electron chi connectivity index (χ2n) is 7.49. The van der Waals surface area contributed by atoms with Crippen molar-refractivity contribution in [3.8, 4) is 10.6 Å². The number of sulfonamides is 1. The van der Waals surface area contributed by atoms with Gasteiger partial charge in [0.1, 0.15) is 4.21 Å². The van der Waals surface area contributed by atoms with Crippen molar-refractivity contribution in [2.75, 3.05) is 22.9 Å². The number of amides is 1. The monoisotopic (exact) mass is 554 g/mol. The Labute approximate surface area is 222 Å². The number of anilines is 2. The maximum Gasteiger partial charge on any atom is 0.338 e. The molecule has 4 aromatic rings. The topological polar surface area (TPSA) is 127 Å². The number of ether oxygens (including phenoxy) is 1. The van der Waals surface area contributed by atoms with E-state index in [1.807, 2.05) is 6.26 Å². The van der Waals surface area contributed by atoms with Crippen molar-refractivity contribution in [1.29, 1.82) is 0 Å². The molecule has 12 heteroatoms. The van der Waals surface area contributed by atoms with Crippen molar-refractivity contribution < 1.29 is 22.7 Å². The van der Waals surface area contributed by atoms with Gasteiger partial charge >= 0.3 is 5.97 Å². The van der Waals surface area contributed by atoms with E-state index >= 15 is 0 Å². The molecule has 0 saturated heterocycles. The average molecular weight is 555 g/mol. The van der Waals surface area contributed by atoms with E-state index in [1.54, 1.807) is 67.7 Å². The number of hydrogen-bond donors (Lipinski definition) is 2. The van der Waals surface area contributed by atoms with Gasteiger partial charge in [0.15, 0.2) is 5.16 Å². The average Bonchev–Trinajstić information content (AvgIpc) is 3.41. The Balaban J connectivity index is 1.46. The van der Waals surface area contributed by atoms with Gasteiger partial charge in [-0.15, -0.1) is 11.3 Å². The number of thiophene rings is 1. The molecule has 0 aliphatic rings. The van der Waals surface area contributed by atoms with E-state index in [4.69, 9.17) is 4.74 Å². The minimum Gasteiger partial charge on any atom is -0.462 e. The molecule has 37 heavy (non-hydrogen) atoms. The van der Waals surface area contributed by atoms with Gasteiger partial charge in [-0.1, -0.05) is 17.8 Å². The zero-order valence-corrected chi connectivity index (χ0v) is 22.2. The molecule has 0 unspecified atom stereocenters. The predicted molar refractivity (Wildman–Crippen MR) is 145 cm³/mol. The number of hydrogen-bond acceptors (Lipinski definition) is 9. The molecule has 1 amide bonds. The molecule has 2 heterocycles. The summed E-state index contributed by atoms with van der Waals surface area (Å²) in [6.45, 7) is 1.99. The van der Waals surface area contributed by atoms with Crippen LogP contribution in [0.4, 0.5) is 11.4 Å². The number of nitrogens with one attached hydrogen (secondary N) is 2. The molecule has 2 aromatic carbocycles. The van der Waals surface area contributed by atoms with Crippen LogP contribution in [0.1, 0.15) is 27.6 Å². The predicted octanol–water partition coefficient (Wildman–Crippen LogP) is 5.16. The highest BCUT2D eigenvalue weighted by molar-refractivity contribution is 7.98. The largest absolute Gasteiger partial charge is 0.462 e. The smallest absolute Gasteiger partial charge is 0.338 e. The molecule has 0 radical (unpaired) electrons. The molecular weight excluding hydrogens is 532 g/mol. The third-order valence-electron chi connectivity index (χ3n) is 4.95. The highest BCUT2D eigenvalue weighted by atomic mass is 32.2. The zero-order chi connectivity index (χ0) is 26.4. The van der Waals surface area contributed by atoms with Gasteiger partial charge in [-0.3, -0.25) is 9.52 Å². The number of carbonyl (C=O) groups excluding carboxylic acids is 2. The molecule has 4 rings (SSSR count). The fraction of sp³-hybridized carbons (Fsp3) is 0.120. The van der Waals surface area contributed by atoms with E-state index < -0.39 is 21.9 Å². The summed E-state index contributed by atoms with van der Waals surface area (Å²) in [6, 6.07) is 17.4. The molecule has 0 aliphatic heterocycles. The summed E-state index contributed by atoms with van der Waals surface area (Å²) in [6.07, 6.45) is 3.50. The quantitative estimate of drug-likeness (QED) is 0.165. The maximum absolute atomic E-state index is 13.0. The first-order valence-electron chi connectivity index (χ1n) is 11.0. The first kappa shape index (κ1) is 26.3. The Morgan fingerprint density at radius 3 is 2.51 bits per heavy atom. The van der Waals surface area contributed by atoms with Gasteiger partial charge in [0.25, 0.3) is 15.9 Å². The van der Waals surface area contributed by atoms with Gasteiger partial charge in [-0.2, -0.15) is 0 Å². The second-order valence-corrected chi connectivity index (χ2v) is 11.3. The number of aromatic nitrogens is 2. The molecule has 2 N–H and O–H groups in total. The number of benzene rings is 2. The molecule has 0 atom stereocenters. The number of nitrogens with zero attached hydrogens (tertiary/aromatic N) is 2. The van der Waals surface area contributed by atoms with Crippen molar-refractivity contribution in [3.63, 3.8) is 0 Å². The fourth-order valence-electron chi connectivity index (χ4n) is 3.22. The van der Waals surface area contributed by atoms with Gasteiger partial charge in [-0.05, 0) is 73.8 Å². The Morgan fingerprint density at radius 2 is 1.78 bits per heavy atom. The molecule has 9 nitrogen and oxygen atoms in total. The number of esters is 1. The molecule has 0 saturated carbocycles. The van der Waals surface area contributed by atoms with Gasteiger partial charge in [0.2, 0.25) is 0 Å². The third kappa shape index (κ3) is 6.53. The van der Waals surface area contributed by atoms with Crippen molar-refractivity contribution in [3.05, 3.63) is 84.1 Å². The normalized spacial score (nSPS) is 11.1. The second kappa shape index (κ2) is 11.5. The van der Waals surface area contributed by atoms with Crippen molar-refractivity contribution in [2.24, 2.45) is 0 Å². The standard InChI is InChI=1S/C25H22N4O5S3/c1-3-34-24(31)16-7-9-18(10-8-16)27-23(30)17-5-4-6-19(15-17)29-37(32,33)22-12-11-21(36-22)20-13-14-26-25(28-20)35-2/h4-15,29H,3H2,1-2H3,(H,27,30). The van der Waals surface area contributed by atoms with E-state index in [-0.39, 0.29) is 22.1 Å². The van der Waals surface area contributed by atoms with Crippen molar-refractivity contribution >= 4 is 56.4 Å². The van der Waals surface area contributed by atoms with Crippen LogP contribution in [0.2, 0.25) is 0 Å². The number of rotatable bonds is 9. The highest BCUT2D eigenvalue weighted by Gasteiger charge is 2.19. The molecular formula is C25H22N4O5S3. The Bertz CT molecular complexity index is 1540. The Hall–Kier alpha value is -3.74. The molecule has 0 spiro atoms. The minimum atomic E-state index is -3.89. The highest BCUT2D eigenvalue weighted by Crippen LogP contribution is 2.31. The minimum absolute atomic E-state index is 0.114. The number of carbonyl (C=O) groups is 2. The molecule has 190 valence electrons. The van der Waals surface area contributed by atoms with E-state index in [1.165, 1.54) is 23.9 Å². The van der Waals surface area contributed by atoms with E-state index in [2.05, 4.69) is 20.0 Å². The molecule has 0 aliphatic carbocycles. The van der Waals surface area contributed by atoms with E-state index in [0.717, 1.165) is 11.3 Å². The summed E-state index contributed by atoms with van der Waals surface area (Å²) in [5.41, 5.74) is 1.99. The van der Waals surface area contributed by atoms with Crippen LogP contribution in [0, 0.1) is 0 Å². The van der Waals surface area contributed by atoms with Crippen molar-refractivity contribution in [2.45, 2.75) is 16.3 Å². The SMILES string of the molecule is CCOC(=O)c1ccc(NC(=O)c2cccc(NS(=O)(=O)c3ccc(-c4ccnc(SC)n4)s3)c2)cc1. The van der Waals surface area contributed by atoms with E-state index in [0.29, 0.717) is 27.0 Å². The fourth-order valence-corrected chi connectivity index (χ4v) is 5.90. The number of thioether (sulfide) groups is 1. The molecule has 0 bridgehead atoms. The van der Waals surface area contributed by atoms with Crippen LogP contribution in [0.3, 0.4) is 0 Å². The summed E-state index contributed by atoms with van der Waals surface area (Å²) < 4.78 is 33.6. The first-order chi connectivity index (χ1) is 17.8. The lowest BCUT2D eigenvalue weighted by atomic mass is 10.1. The summed E-state index contributed by atoms with van der Waals surface area (Å²) in [4.78, 5) is 33.8. The summed E-state index contributed by atoms with van der Waals surface area (Å²) in [7, 11) is -3.89. The Morgan fingerprint density at radius 1 is 1.00 bits per heavy atom. The maximum atomic E-state index is 13.0. The lowest BCUT2D eigenvalue weighted by Crippen LogP contribution is -2.14. The lowest BCUT2D eigenvalue weighted by Gasteiger charge is -2.09. The first-order valence-corrected chi connectivity index (χ1v) is 14.5. The summed E-state index contributed by atoms with van der Waals surface area (Å²) >= 11 is 2.49. The lowest BCUT2D eigenvalue weighted by molar-refractivity contribution is 0.0526. The van der Waals surface area contributed by atoms with Gasteiger partial charge in [0, 0.05) is 23.1 Å². The van der Waals surface area contributed by atoms with Gasteiger partial charge in [0.05, 0.1) is 22.7 Å². The zero-order valence-electron chi connectivity index (χ0n) is 19.8. The van der Waals surface area contributed by atoms with Crippen LogP contribution in [0.5, 0.6) is 0 Å². The van der Waals surface area contributed by atoms with Crippen LogP contribution in [0.25, 0.3) is 10.6 Å². The Kier molecular flexibility index (Phi) is 8.21. The van der Waals surface area contributed by atoms with Crippen LogP contribution in [-0.2, 0) is 14.8 Å². The summed E-state index contributed by atoms with van der Waals surface area (Å²) in [5.74, 6) is -0.878. The van der Waals surface area contributed by atoms with Crippen molar-refractivity contribution in [1.82, 2.24) is 9.97 Å². The molecule has 0 fully saturated rings. The van der Waals surface area contributed by atoms with Gasteiger partial charge < -0.3 is 10.1 Å². The third-order valence-corrected chi connectivity index (χ3v) is 8.49. The van der Waals surface area contributed by atoms with Crippen LogP contribution < -0.4 is 10.0 Å². The van der Waals surface area contributed by atoms with Crippen LogP contribution in [-0.4, -0.2) is 43.1 Å². The van der Waals surface area contributed by atoms with Gasteiger partial charge in [-0.25, -0.2) is 23.2 Å². The molecule has 2 aromatic heterocycles. The van der Waals surface area contributed by atoms with Crippen LogP contribution >= 0.6 is 23.1 Å². The van der Waals surface area contributed by atoms with Crippen LogP contribution in [0.15, 0.2) is 82.3 Å². The van der Waals surface area contributed by atoms with E-state index in [9.17, 15) is 18.0 Å². The summed E-state index contributed by atoms with van der Waals surface area (Å²) in [5, 5.41) is 3.32.